The van der Waals surface area contributed by atoms with Crippen molar-refractivity contribution in [3.05, 3.63) is 12.2 Å². The van der Waals surface area contributed by atoms with Gasteiger partial charge < -0.3 is 5.11 Å². The van der Waals surface area contributed by atoms with E-state index < -0.39 is 0 Å². The van der Waals surface area contributed by atoms with Crippen LogP contribution in [0.25, 0.3) is 0 Å². The summed E-state index contributed by atoms with van der Waals surface area (Å²) in [6.07, 6.45) is 2.70. The summed E-state index contributed by atoms with van der Waals surface area (Å²) in [6.45, 7) is 1.76. The van der Waals surface area contributed by atoms with Gasteiger partial charge in [0.05, 0.1) is 6.10 Å². The van der Waals surface area contributed by atoms with Gasteiger partial charge in [-0.2, -0.15) is 5.10 Å². The average molecular weight is 141 g/mol. The Morgan fingerprint density at radius 2 is 2.60 bits per heavy atom. The van der Waals surface area contributed by atoms with E-state index in [4.69, 9.17) is 5.11 Å². The van der Waals surface area contributed by atoms with Crippen LogP contribution >= 0.6 is 0 Å². The summed E-state index contributed by atoms with van der Waals surface area (Å²) in [5.41, 5.74) is 0. The zero-order chi connectivity index (χ0) is 7.40. The van der Waals surface area contributed by atoms with Crippen LogP contribution in [-0.4, -0.2) is 26.4 Å². The number of aromatic amines is 1. The van der Waals surface area contributed by atoms with E-state index >= 15 is 0 Å². The third-order valence-electron chi connectivity index (χ3n) is 1.26. The van der Waals surface area contributed by atoms with Crippen LogP contribution in [-0.2, 0) is 6.42 Å². The third kappa shape index (κ3) is 2.14. The van der Waals surface area contributed by atoms with Gasteiger partial charge in [-0.1, -0.05) is 0 Å². The topological polar surface area (TPSA) is 61.8 Å². The van der Waals surface area contributed by atoms with Gasteiger partial charge in [0.15, 0.2) is 0 Å². The number of aryl methyl sites for hydroxylation is 1. The first-order valence-electron chi connectivity index (χ1n) is 3.31. The van der Waals surface area contributed by atoms with Crippen molar-refractivity contribution < 1.29 is 5.11 Å². The number of hydrogen-bond acceptors (Lipinski definition) is 3. The smallest absolute Gasteiger partial charge is 0.137 e. The highest BCUT2D eigenvalue weighted by molar-refractivity contribution is 4.79. The van der Waals surface area contributed by atoms with Crippen molar-refractivity contribution in [2.24, 2.45) is 0 Å². The molecular formula is C6H11N3O. The molecule has 0 saturated carbocycles. The molecule has 0 aliphatic rings. The Kier molecular flexibility index (Phi) is 2.39. The van der Waals surface area contributed by atoms with Crippen LogP contribution in [0.15, 0.2) is 6.33 Å². The molecule has 0 spiro atoms. The van der Waals surface area contributed by atoms with E-state index in [2.05, 4.69) is 15.2 Å². The molecule has 0 radical (unpaired) electrons. The summed E-state index contributed by atoms with van der Waals surface area (Å²) in [5, 5.41) is 15.3. The van der Waals surface area contributed by atoms with Crippen molar-refractivity contribution in [3.63, 3.8) is 0 Å². The molecule has 0 unspecified atom stereocenters. The fourth-order valence-electron chi connectivity index (χ4n) is 0.697. The molecule has 1 heterocycles. The predicted octanol–water partition coefficient (Wildman–Crippen LogP) is 0.118. The van der Waals surface area contributed by atoms with Crippen molar-refractivity contribution >= 4 is 0 Å². The number of aromatic nitrogens is 3. The van der Waals surface area contributed by atoms with Crippen LogP contribution in [0.4, 0.5) is 0 Å². The van der Waals surface area contributed by atoms with E-state index in [1.165, 1.54) is 6.33 Å². The zero-order valence-electron chi connectivity index (χ0n) is 5.91. The Labute approximate surface area is 59.3 Å². The molecule has 4 nitrogen and oxygen atoms in total. The second kappa shape index (κ2) is 3.31. The fourth-order valence-corrected chi connectivity index (χ4v) is 0.697. The normalized spacial score (nSPS) is 13.4. The van der Waals surface area contributed by atoms with Crippen LogP contribution in [0, 0.1) is 0 Å². The van der Waals surface area contributed by atoms with Gasteiger partial charge in [-0.05, 0) is 13.3 Å². The van der Waals surface area contributed by atoms with Gasteiger partial charge >= 0.3 is 0 Å². The lowest BCUT2D eigenvalue weighted by molar-refractivity contribution is 0.184. The number of H-pyrrole nitrogens is 1. The quantitative estimate of drug-likeness (QED) is 0.628. The Morgan fingerprint density at radius 3 is 3.10 bits per heavy atom. The zero-order valence-corrected chi connectivity index (χ0v) is 5.91. The molecule has 0 amide bonds. The van der Waals surface area contributed by atoms with E-state index in [-0.39, 0.29) is 6.10 Å². The van der Waals surface area contributed by atoms with E-state index in [1.807, 2.05) is 0 Å². The van der Waals surface area contributed by atoms with Gasteiger partial charge in [0.1, 0.15) is 12.2 Å². The molecule has 56 valence electrons. The molecule has 0 fully saturated rings. The lowest BCUT2D eigenvalue weighted by Gasteiger charge is -1.98. The Balaban J connectivity index is 2.28. The van der Waals surface area contributed by atoms with E-state index in [0.717, 1.165) is 18.7 Å². The monoisotopic (exact) mass is 141 g/mol. The summed E-state index contributed by atoms with van der Waals surface area (Å²) in [7, 11) is 0. The Bertz CT molecular complexity index is 171. The van der Waals surface area contributed by atoms with Crippen LogP contribution in [0.3, 0.4) is 0 Å². The van der Waals surface area contributed by atoms with Gasteiger partial charge in [0, 0.05) is 6.42 Å². The van der Waals surface area contributed by atoms with Crippen LogP contribution in [0.1, 0.15) is 19.2 Å². The summed E-state index contributed by atoms with van der Waals surface area (Å²) >= 11 is 0. The second-order valence-corrected chi connectivity index (χ2v) is 2.32. The van der Waals surface area contributed by atoms with E-state index in [1.54, 1.807) is 6.92 Å². The number of nitrogens with zero attached hydrogens (tertiary/aromatic N) is 2. The molecule has 1 atom stereocenters. The maximum atomic E-state index is 8.89. The number of rotatable bonds is 3. The van der Waals surface area contributed by atoms with Crippen molar-refractivity contribution in [2.45, 2.75) is 25.9 Å². The molecule has 1 aromatic rings. The van der Waals surface area contributed by atoms with E-state index in [9.17, 15) is 0 Å². The lowest BCUT2D eigenvalue weighted by atomic mass is 10.2. The number of nitrogens with one attached hydrogen (secondary N) is 1. The largest absolute Gasteiger partial charge is 0.393 e. The first kappa shape index (κ1) is 7.21. The number of aliphatic hydroxyl groups excluding tert-OH is 1. The van der Waals surface area contributed by atoms with Gasteiger partial charge in [-0.3, -0.25) is 5.10 Å². The van der Waals surface area contributed by atoms with Gasteiger partial charge in [0.2, 0.25) is 0 Å². The molecule has 1 aromatic heterocycles. The molecule has 0 bridgehead atoms. The van der Waals surface area contributed by atoms with Crippen molar-refractivity contribution in [3.8, 4) is 0 Å². The Morgan fingerprint density at radius 1 is 1.80 bits per heavy atom. The SMILES string of the molecule is C[C@H](O)CCc1ncn[nH]1. The minimum Gasteiger partial charge on any atom is -0.393 e. The standard InChI is InChI=1S/C6H11N3O/c1-5(10)2-3-6-7-4-8-9-6/h4-5,10H,2-3H2,1H3,(H,7,8,9)/t5-/m0/s1. The number of hydrogen-bond donors (Lipinski definition) is 2. The molecule has 10 heavy (non-hydrogen) atoms. The molecule has 1 rings (SSSR count). The molecule has 0 aliphatic carbocycles. The molecule has 2 N–H and O–H groups in total. The number of aliphatic hydroxyl groups is 1. The molecule has 0 saturated heterocycles. The summed E-state index contributed by atoms with van der Waals surface area (Å²) in [4.78, 5) is 3.91. The summed E-state index contributed by atoms with van der Waals surface area (Å²) < 4.78 is 0. The van der Waals surface area contributed by atoms with Gasteiger partial charge in [-0.15, -0.1) is 0 Å². The van der Waals surface area contributed by atoms with E-state index in [0.29, 0.717) is 0 Å². The third-order valence-corrected chi connectivity index (χ3v) is 1.26. The minimum absolute atomic E-state index is 0.259. The van der Waals surface area contributed by atoms with Gasteiger partial charge in [-0.25, -0.2) is 4.98 Å². The van der Waals surface area contributed by atoms with Crippen LogP contribution in [0.2, 0.25) is 0 Å². The van der Waals surface area contributed by atoms with Crippen molar-refractivity contribution in [1.82, 2.24) is 15.2 Å². The van der Waals surface area contributed by atoms with Crippen LogP contribution in [0.5, 0.6) is 0 Å². The fraction of sp³-hybridized carbons (Fsp3) is 0.667. The highest BCUT2D eigenvalue weighted by atomic mass is 16.3. The molecule has 4 heteroatoms. The molecule has 0 aliphatic heterocycles. The van der Waals surface area contributed by atoms with Crippen molar-refractivity contribution in [2.75, 3.05) is 0 Å². The first-order chi connectivity index (χ1) is 4.79. The molecular weight excluding hydrogens is 130 g/mol. The average Bonchev–Trinajstić information content (AvgIpc) is 2.34. The summed E-state index contributed by atoms with van der Waals surface area (Å²) in [6, 6.07) is 0. The summed E-state index contributed by atoms with van der Waals surface area (Å²) in [5.74, 6) is 0.834. The highest BCUT2D eigenvalue weighted by Gasteiger charge is 1.98. The maximum absolute atomic E-state index is 8.89. The van der Waals surface area contributed by atoms with Gasteiger partial charge in [0.25, 0.3) is 0 Å². The van der Waals surface area contributed by atoms with Crippen molar-refractivity contribution in [1.29, 1.82) is 0 Å². The minimum atomic E-state index is -0.259. The lowest BCUT2D eigenvalue weighted by Crippen LogP contribution is -2.02. The highest BCUT2D eigenvalue weighted by Crippen LogP contribution is 1.96. The first-order valence-corrected chi connectivity index (χ1v) is 3.31. The second-order valence-electron chi connectivity index (χ2n) is 2.32. The molecule has 0 aromatic carbocycles. The van der Waals surface area contributed by atoms with Crippen LogP contribution < -0.4 is 0 Å². The Hall–Kier alpha value is -0.900. The predicted molar refractivity (Wildman–Crippen MR) is 36.4 cm³/mol. The maximum Gasteiger partial charge on any atom is 0.137 e.